The number of hydrogen-bond acceptors (Lipinski definition) is 5. The number of rotatable bonds is 2. The van der Waals surface area contributed by atoms with E-state index in [-0.39, 0.29) is 11.9 Å². The van der Waals surface area contributed by atoms with Crippen LogP contribution in [0.3, 0.4) is 0 Å². The molecule has 1 aliphatic heterocycles. The van der Waals surface area contributed by atoms with Crippen LogP contribution in [0.2, 0.25) is 0 Å². The van der Waals surface area contributed by atoms with Crippen molar-refractivity contribution < 1.29 is 9.73 Å². The SMILES string of the molecule is CC1CC(N)C(=O)N1On1nnc2ccccc21. The van der Waals surface area contributed by atoms with E-state index in [9.17, 15) is 4.79 Å². The van der Waals surface area contributed by atoms with Crippen LogP contribution in [-0.4, -0.2) is 38.2 Å². The number of amides is 1. The van der Waals surface area contributed by atoms with Crippen molar-refractivity contribution in [1.82, 2.24) is 20.2 Å². The Balaban J connectivity index is 1.91. The van der Waals surface area contributed by atoms with Crippen molar-refractivity contribution in [3.8, 4) is 0 Å². The first kappa shape index (κ1) is 11.0. The van der Waals surface area contributed by atoms with Crippen LogP contribution in [0.25, 0.3) is 11.0 Å². The van der Waals surface area contributed by atoms with E-state index < -0.39 is 6.04 Å². The molecule has 0 spiro atoms. The highest BCUT2D eigenvalue weighted by atomic mass is 16.8. The first-order valence-corrected chi connectivity index (χ1v) is 5.74. The van der Waals surface area contributed by atoms with E-state index in [1.807, 2.05) is 31.2 Å². The predicted molar refractivity (Wildman–Crippen MR) is 63.0 cm³/mol. The fourth-order valence-corrected chi connectivity index (χ4v) is 2.06. The highest BCUT2D eigenvalue weighted by molar-refractivity contribution is 5.83. The van der Waals surface area contributed by atoms with E-state index in [1.165, 1.54) is 9.91 Å². The third-order valence-corrected chi connectivity index (χ3v) is 3.02. The summed E-state index contributed by atoms with van der Waals surface area (Å²) >= 11 is 0. The van der Waals surface area contributed by atoms with Gasteiger partial charge in [0.1, 0.15) is 11.0 Å². The van der Waals surface area contributed by atoms with Gasteiger partial charge < -0.3 is 5.73 Å². The van der Waals surface area contributed by atoms with E-state index in [0.29, 0.717) is 17.5 Å². The van der Waals surface area contributed by atoms with Crippen molar-refractivity contribution in [3.05, 3.63) is 24.3 Å². The van der Waals surface area contributed by atoms with Gasteiger partial charge in [-0.15, -0.1) is 10.2 Å². The van der Waals surface area contributed by atoms with Crippen LogP contribution in [0.15, 0.2) is 24.3 Å². The summed E-state index contributed by atoms with van der Waals surface area (Å²) in [7, 11) is 0. The zero-order valence-corrected chi connectivity index (χ0v) is 9.85. The molecule has 2 heterocycles. The molecule has 1 fully saturated rings. The second-order valence-electron chi connectivity index (χ2n) is 4.39. The van der Waals surface area contributed by atoms with Gasteiger partial charge in [0.25, 0.3) is 5.91 Å². The number of aromatic nitrogens is 3. The lowest BCUT2D eigenvalue weighted by Gasteiger charge is -2.19. The second-order valence-corrected chi connectivity index (χ2v) is 4.39. The number of nitrogens with zero attached hydrogens (tertiary/aromatic N) is 4. The van der Waals surface area contributed by atoms with Crippen molar-refractivity contribution in [1.29, 1.82) is 0 Å². The molecule has 1 aromatic heterocycles. The molecule has 2 aromatic rings. The molecule has 3 rings (SSSR count). The van der Waals surface area contributed by atoms with Crippen LogP contribution >= 0.6 is 0 Å². The van der Waals surface area contributed by atoms with Gasteiger partial charge in [-0.1, -0.05) is 12.1 Å². The molecule has 1 aromatic carbocycles. The fraction of sp³-hybridized carbons (Fsp3) is 0.364. The molecule has 1 aliphatic rings. The van der Waals surface area contributed by atoms with Crippen LogP contribution < -0.4 is 10.7 Å². The first-order chi connectivity index (χ1) is 8.66. The number of hydrogen-bond donors (Lipinski definition) is 1. The minimum atomic E-state index is -0.505. The Morgan fingerprint density at radius 1 is 1.44 bits per heavy atom. The zero-order chi connectivity index (χ0) is 12.7. The highest BCUT2D eigenvalue weighted by Gasteiger charge is 2.37. The molecule has 2 atom stereocenters. The molecule has 0 bridgehead atoms. The predicted octanol–water partition coefficient (Wildman–Crippen LogP) is -0.277. The van der Waals surface area contributed by atoms with Crippen molar-refractivity contribution in [3.63, 3.8) is 0 Å². The van der Waals surface area contributed by atoms with Crippen LogP contribution in [0.1, 0.15) is 13.3 Å². The van der Waals surface area contributed by atoms with Gasteiger partial charge in [0.2, 0.25) is 0 Å². The molecule has 1 amide bonds. The number of benzene rings is 1. The number of carbonyl (C=O) groups is 1. The number of nitrogens with two attached hydrogens (primary N) is 1. The quantitative estimate of drug-likeness (QED) is 0.789. The molecule has 2 unspecified atom stereocenters. The normalized spacial score (nSPS) is 23.9. The van der Waals surface area contributed by atoms with E-state index in [1.54, 1.807) is 0 Å². The molecule has 0 radical (unpaired) electrons. The van der Waals surface area contributed by atoms with Crippen LogP contribution in [0.4, 0.5) is 0 Å². The largest absolute Gasteiger partial charge is 0.320 e. The molecule has 18 heavy (non-hydrogen) atoms. The third-order valence-electron chi connectivity index (χ3n) is 3.02. The van der Waals surface area contributed by atoms with Crippen LogP contribution in [0.5, 0.6) is 0 Å². The summed E-state index contributed by atoms with van der Waals surface area (Å²) < 4.78 is 0. The minimum absolute atomic E-state index is 0.0736. The van der Waals surface area contributed by atoms with Crippen LogP contribution in [0, 0.1) is 0 Å². The minimum Gasteiger partial charge on any atom is -0.320 e. The number of fused-ring (bicyclic) bond motifs is 1. The lowest BCUT2D eigenvalue weighted by atomic mass is 10.2. The molecule has 2 N–H and O–H groups in total. The lowest BCUT2D eigenvalue weighted by Crippen LogP contribution is -2.42. The Morgan fingerprint density at radius 2 is 2.22 bits per heavy atom. The fourth-order valence-electron chi connectivity index (χ4n) is 2.06. The van der Waals surface area contributed by atoms with Crippen molar-refractivity contribution in [2.45, 2.75) is 25.4 Å². The highest BCUT2D eigenvalue weighted by Crippen LogP contribution is 2.17. The Bertz CT molecular complexity index is 596. The van der Waals surface area contributed by atoms with Gasteiger partial charge in [0.05, 0.1) is 12.1 Å². The average molecular weight is 247 g/mol. The Hall–Kier alpha value is -2.15. The summed E-state index contributed by atoms with van der Waals surface area (Å²) in [5.74, 6) is -0.234. The number of carbonyl (C=O) groups excluding carboxylic acids is 1. The van der Waals surface area contributed by atoms with Crippen molar-refractivity contribution in [2.75, 3.05) is 0 Å². The van der Waals surface area contributed by atoms with E-state index >= 15 is 0 Å². The van der Waals surface area contributed by atoms with Gasteiger partial charge in [0, 0.05) is 0 Å². The van der Waals surface area contributed by atoms with Gasteiger partial charge in [0.15, 0.2) is 0 Å². The summed E-state index contributed by atoms with van der Waals surface area (Å²) in [6.07, 6.45) is 0.575. The molecule has 0 saturated carbocycles. The second kappa shape index (κ2) is 3.95. The molecule has 94 valence electrons. The molecule has 0 aliphatic carbocycles. The van der Waals surface area contributed by atoms with Crippen molar-refractivity contribution >= 4 is 16.9 Å². The van der Waals surface area contributed by atoms with Crippen LogP contribution in [-0.2, 0) is 4.79 Å². The van der Waals surface area contributed by atoms with E-state index in [2.05, 4.69) is 10.3 Å². The molecular formula is C11H13N5O2. The maximum absolute atomic E-state index is 11.8. The molecule has 1 saturated heterocycles. The van der Waals surface area contributed by atoms with Gasteiger partial charge in [-0.2, -0.15) is 0 Å². The van der Waals surface area contributed by atoms with Gasteiger partial charge in [-0.25, -0.2) is 0 Å². The summed E-state index contributed by atoms with van der Waals surface area (Å²) in [4.78, 5) is 18.5. The zero-order valence-electron chi connectivity index (χ0n) is 9.85. The molecular weight excluding hydrogens is 234 g/mol. The molecule has 7 heteroatoms. The first-order valence-electron chi connectivity index (χ1n) is 5.74. The third kappa shape index (κ3) is 1.60. The summed E-state index contributed by atoms with van der Waals surface area (Å²) in [5, 5.41) is 9.07. The van der Waals surface area contributed by atoms with Gasteiger partial charge in [-0.3, -0.25) is 9.73 Å². The maximum Gasteiger partial charge on any atom is 0.274 e. The van der Waals surface area contributed by atoms with E-state index in [0.717, 1.165) is 0 Å². The standard InChI is InChI=1S/C11H13N5O2/c1-7-6-8(12)11(17)15(7)18-16-10-5-3-2-4-9(10)13-14-16/h2-5,7-8H,6,12H2,1H3. The van der Waals surface area contributed by atoms with Gasteiger partial charge >= 0.3 is 0 Å². The molecule has 7 nitrogen and oxygen atoms in total. The monoisotopic (exact) mass is 247 g/mol. The summed E-state index contributed by atoms with van der Waals surface area (Å²) in [6.45, 7) is 1.88. The Kier molecular flexibility index (Phi) is 2.41. The Labute approximate surface area is 103 Å². The lowest BCUT2D eigenvalue weighted by molar-refractivity contribution is -0.193. The summed E-state index contributed by atoms with van der Waals surface area (Å²) in [6, 6.07) is 6.78. The smallest absolute Gasteiger partial charge is 0.274 e. The van der Waals surface area contributed by atoms with Crippen molar-refractivity contribution in [2.24, 2.45) is 5.73 Å². The maximum atomic E-state index is 11.8. The Morgan fingerprint density at radius 3 is 2.94 bits per heavy atom. The number of hydroxylamine groups is 2. The van der Waals surface area contributed by atoms with E-state index in [4.69, 9.17) is 10.7 Å². The topological polar surface area (TPSA) is 86.3 Å². The average Bonchev–Trinajstić information content (AvgIpc) is 2.87. The number of para-hydroxylation sites is 1. The van der Waals surface area contributed by atoms with Gasteiger partial charge in [-0.05, 0) is 35.5 Å². The summed E-state index contributed by atoms with van der Waals surface area (Å²) in [5.41, 5.74) is 7.10.